The molecule has 0 aliphatic carbocycles. The number of halogens is 1. The maximum atomic E-state index is 13.1. The fourth-order valence-corrected chi connectivity index (χ4v) is 2.47. The summed E-state index contributed by atoms with van der Waals surface area (Å²) in [6.45, 7) is 3.61. The summed E-state index contributed by atoms with van der Waals surface area (Å²) in [4.78, 5) is 24.5. The predicted octanol–water partition coefficient (Wildman–Crippen LogP) is 3.80. The van der Waals surface area contributed by atoms with Gasteiger partial charge in [0.2, 0.25) is 5.95 Å². The van der Waals surface area contributed by atoms with Crippen molar-refractivity contribution in [1.82, 2.24) is 15.0 Å². The number of Topliss-reactive ketones (excluding diaryl/α,β-unsaturated/α-hetero) is 1. The van der Waals surface area contributed by atoms with Gasteiger partial charge >= 0.3 is 0 Å². The van der Waals surface area contributed by atoms with Crippen molar-refractivity contribution in [2.45, 2.75) is 20.3 Å². The fourth-order valence-electron chi connectivity index (χ4n) is 2.47. The Hall–Kier alpha value is -3.15. The van der Waals surface area contributed by atoms with E-state index in [0.717, 1.165) is 22.6 Å². The zero-order valence-electron chi connectivity index (χ0n) is 14.0. The average Bonchev–Trinajstić information content (AvgIpc) is 2.58. The lowest BCUT2D eigenvalue weighted by atomic mass is 10.0. The van der Waals surface area contributed by atoms with Gasteiger partial charge in [-0.2, -0.15) is 4.39 Å². The van der Waals surface area contributed by atoms with Gasteiger partial charge in [-0.05, 0) is 49.2 Å². The van der Waals surface area contributed by atoms with E-state index in [-0.39, 0.29) is 12.2 Å². The number of hydrogen-bond donors (Lipinski definition) is 1. The number of hydrogen-bond acceptors (Lipinski definition) is 5. The molecule has 0 fully saturated rings. The van der Waals surface area contributed by atoms with E-state index in [1.807, 2.05) is 19.1 Å². The average molecular weight is 336 g/mol. The molecule has 0 atom stereocenters. The van der Waals surface area contributed by atoms with Crippen LogP contribution in [0.3, 0.4) is 0 Å². The highest BCUT2D eigenvalue weighted by Crippen LogP contribution is 2.21. The lowest BCUT2D eigenvalue weighted by Gasteiger charge is -2.11. The Morgan fingerprint density at radius 2 is 1.96 bits per heavy atom. The van der Waals surface area contributed by atoms with E-state index < -0.39 is 5.95 Å². The van der Waals surface area contributed by atoms with Crippen LogP contribution in [0.5, 0.6) is 0 Å². The van der Waals surface area contributed by atoms with Crippen LogP contribution < -0.4 is 5.32 Å². The highest BCUT2D eigenvalue weighted by Gasteiger charge is 2.14. The van der Waals surface area contributed by atoms with E-state index in [9.17, 15) is 9.18 Å². The minimum atomic E-state index is -0.591. The zero-order valence-corrected chi connectivity index (χ0v) is 14.0. The van der Waals surface area contributed by atoms with Crippen molar-refractivity contribution < 1.29 is 9.18 Å². The van der Waals surface area contributed by atoms with Gasteiger partial charge in [0.1, 0.15) is 0 Å². The summed E-state index contributed by atoms with van der Waals surface area (Å²) >= 11 is 0. The number of carbonyl (C=O) groups excluding carboxylic acids is 1. The van der Waals surface area contributed by atoms with Gasteiger partial charge in [-0.3, -0.25) is 14.8 Å². The lowest BCUT2D eigenvalue weighted by Crippen LogP contribution is -2.09. The van der Waals surface area contributed by atoms with Crippen LogP contribution in [-0.4, -0.2) is 20.7 Å². The summed E-state index contributed by atoms with van der Waals surface area (Å²) in [6.07, 6.45) is 6.47. The molecular weight excluding hydrogens is 319 g/mol. The van der Waals surface area contributed by atoms with Gasteiger partial charge in [-0.1, -0.05) is 0 Å². The van der Waals surface area contributed by atoms with Gasteiger partial charge in [0, 0.05) is 30.1 Å². The first kappa shape index (κ1) is 16.7. The molecule has 3 aromatic heterocycles. The molecule has 0 aliphatic rings. The van der Waals surface area contributed by atoms with Crippen LogP contribution in [-0.2, 0) is 6.42 Å². The maximum absolute atomic E-state index is 13.1. The van der Waals surface area contributed by atoms with Crippen molar-refractivity contribution in [2.75, 3.05) is 5.32 Å². The smallest absolute Gasteiger partial charge is 0.213 e. The first-order valence-electron chi connectivity index (χ1n) is 7.81. The van der Waals surface area contributed by atoms with Crippen LogP contribution in [0, 0.1) is 19.8 Å². The highest BCUT2D eigenvalue weighted by molar-refractivity contribution is 5.99. The second-order valence-corrected chi connectivity index (χ2v) is 5.77. The van der Waals surface area contributed by atoms with E-state index in [2.05, 4.69) is 20.3 Å². The number of pyridine rings is 3. The number of nitrogens with zero attached hydrogens (tertiary/aromatic N) is 3. The van der Waals surface area contributed by atoms with Crippen LogP contribution in [0.4, 0.5) is 15.8 Å². The van der Waals surface area contributed by atoms with Crippen LogP contribution in [0.15, 0.2) is 49.1 Å². The number of rotatable bonds is 5. The number of carbonyl (C=O) groups is 1. The molecule has 0 saturated carbocycles. The number of anilines is 2. The molecule has 5 nitrogen and oxygen atoms in total. The van der Waals surface area contributed by atoms with Crippen LogP contribution in [0.25, 0.3) is 0 Å². The molecule has 0 bridgehead atoms. The molecule has 126 valence electrons. The monoisotopic (exact) mass is 336 g/mol. The molecule has 25 heavy (non-hydrogen) atoms. The third-order valence-electron chi connectivity index (χ3n) is 3.83. The number of ketones is 1. The zero-order chi connectivity index (χ0) is 17.8. The van der Waals surface area contributed by atoms with Crippen molar-refractivity contribution in [3.63, 3.8) is 0 Å². The molecular formula is C19H17FN4O. The van der Waals surface area contributed by atoms with E-state index in [1.54, 1.807) is 31.6 Å². The van der Waals surface area contributed by atoms with E-state index >= 15 is 0 Å². The van der Waals surface area contributed by atoms with Gasteiger partial charge in [-0.15, -0.1) is 0 Å². The Kier molecular flexibility index (Phi) is 4.79. The minimum absolute atomic E-state index is 0.124. The molecule has 1 N–H and O–H groups in total. The SMILES string of the molecule is Cc1ccc(Nc2cnccc2CC(=O)c2cnc(F)cc2C)cn1. The van der Waals surface area contributed by atoms with Gasteiger partial charge in [0.05, 0.1) is 23.8 Å². The standard InChI is InChI=1S/C19H17FN4O/c1-12-7-19(20)23-10-16(12)18(25)8-14-5-6-21-11-17(14)24-15-4-3-13(2)22-9-15/h3-7,9-11,24H,8H2,1-2H3. The molecule has 0 spiro atoms. The number of aryl methyl sites for hydroxylation is 2. The predicted molar refractivity (Wildman–Crippen MR) is 93.5 cm³/mol. The molecule has 0 saturated heterocycles. The van der Waals surface area contributed by atoms with Crippen LogP contribution in [0.2, 0.25) is 0 Å². The first-order chi connectivity index (χ1) is 12.0. The Labute approximate surface area is 145 Å². The van der Waals surface area contributed by atoms with E-state index in [1.165, 1.54) is 12.3 Å². The number of aromatic nitrogens is 3. The second-order valence-electron chi connectivity index (χ2n) is 5.77. The fraction of sp³-hybridized carbons (Fsp3) is 0.158. The highest BCUT2D eigenvalue weighted by atomic mass is 19.1. The summed E-state index contributed by atoms with van der Waals surface area (Å²) in [5, 5.41) is 3.23. The normalized spacial score (nSPS) is 10.5. The number of nitrogens with one attached hydrogen (secondary N) is 1. The van der Waals surface area contributed by atoms with E-state index in [0.29, 0.717) is 11.1 Å². The van der Waals surface area contributed by atoms with Crippen LogP contribution >= 0.6 is 0 Å². The lowest BCUT2D eigenvalue weighted by molar-refractivity contribution is 0.0992. The summed E-state index contributed by atoms with van der Waals surface area (Å²) in [6, 6.07) is 6.86. The van der Waals surface area contributed by atoms with Crippen molar-refractivity contribution in [1.29, 1.82) is 0 Å². The molecule has 0 radical (unpaired) electrons. The molecule has 3 rings (SSSR count). The Morgan fingerprint density at radius 3 is 2.68 bits per heavy atom. The summed E-state index contributed by atoms with van der Waals surface area (Å²) in [5.41, 5.74) is 4.25. The maximum Gasteiger partial charge on any atom is 0.213 e. The van der Waals surface area contributed by atoms with Crippen molar-refractivity contribution in [2.24, 2.45) is 0 Å². The van der Waals surface area contributed by atoms with Crippen molar-refractivity contribution in [3.8, 4) is 0 Å². The van der Waals surface area contributed by atoms with Gasteiger partial charge in [0.25, 0.3) is 0 Å². The third-order valence-corrected chi connectivity index (χ3v) is 3.83. The molecule has 3 heterocycles. The van der Waals surface area contributed by atoms with Crippen molar-refractivity contribution >= 4 is 17.2 Å². The largest absolute Gasteiger partial charge is 0.353 e. The van der Waals surface area contributed by atoms with Crippen molar-refractivity contribution in [3.05, 3.63) is 77.4 Å². The molecule has 0 amide bonds. The summed E-state index contributed by atoms with van der Waals surface area (Å²) < 4.78 is 13.1. The second kappa shape index (κ2) is 7.17. The Morgan fingerprint density at radius 1 is 1.12 bits per heavy atom. The van der Waals surface area contributed by atoms with Gasteiger partial charge < -0.3 is 5.32 Å². The van der Waals surface area contributed by atoms with Crippen LogP contribution in [0.1, 0.15) is 27.2 Å². The Bertz CT molecular complexity index is 910. The van der Waals surface area contributed by atoms with E-state index in [4.69, 9.17) is 0 Å². The summed E-state index contributed by atoms with van der Waals surface area (Å²) in [7, 11) is 0. The third kappa shape index (κ3) is 4.03. The topological polar surface area (TPSA) is 67.8 Å². The molecule has 0 aromatic carbocycles. The van der Waals surface area contributed by atoms with Gasteiger partial charge in [-0.25, -0.2) is 4.98 Å². The van der Waals surface area contributed by atoms with Gasteiger partial charge in [0.15, 0.2) is 5.78 Å². The quantitative estimate of drug-likeness (QED) is 0.567. The molecule has 0 unspecified atom stereocenters. The minimum Gasteiger partial charge on any atom is -0.353 e. The summed E-state index contributed by atoms with van der Waals surface area (Å²) in [5.74, 6) is -0.714. The first-order valence-corrected chi connectivity index (χ1v) is 7.81. The molecule has 3 aromatic rings. The molecule has 6 heteroatoms. The molecule has 0 aliphatic heterocycles. The Balaban J connectivity index is 1.83.